The fourth-order valence-electron chi connectivity index (χ4n) is 5.70. The fraction of sp³-hybridized carbons (Fsp3) is 0.278. The molecular weight excluding hydrogens is 619 g/mol. The molecule has 0 spiro atoms. The van der Waals surface area contributed by atoms with Gasteiger partial charge in [0, 0.05) is 57.1 Å². The average molecular weight is 656 g/mol. The molecule has 1 saturated heterocycles. The molecule has 0 atom stereocenters. The second-order valence-electron chi connectivity index (χ2n) is 11.7. The van der Waals surface area contributed by atoms with Crippen molar-refractivity contribution in [2.24, 2.45) is 7.05 Å². The maximum absolute atomic E-state index is 13.2. The molecule has 5 rings (SSSR count). The second-order valence-corrected chi connectivity index (χ2v) is 11.7. The molecule has 0 unspecified atom stereocenters. The van der Waals surface area contributed by atoms with Gasteiger partial charge in [0.15, 0.2) is 0 Å². The Bertz CT molecular complexity index is 1800. The Hall–Kier alpha value is -5.57. The summed E-state index contributed by atoms with van der Waals surface area (Å²) in [7, 11) is 3.63. The number of likely N-dealkylation sites (N-methyl/N-ethyl adjacent to an activating group) is 1. The molecule has 2 amide bonds. The summed E-state index contributed by atoms with van der Waals surface area (Å²) in [5.74, 6) is 3.07. The third-order valence-corrected chi connectivity index (χ3v) is 8.24. The van der Waals surface area contributed by atoms with E-state index >= 15 is 0 Å². The van der Waals surface area contributed by atoms with Crippen molar-refractivity contribution >= 4 is 17.5 Å². The number of aromatic nitrogens is 3. The van der Waals surface area contributed by atoms with Crippen LogP contribution in [0.2, 0.25) is 0 Å². The molecule has 0 bridgehead atoms. The van der Waals surface area contributed by atoms with Gasteiger partial charge in [-0.3, -0.25) is 9.59 Å². The number of benzene rings is 3. The van der Waals surface area contributed by atoms with Crippen LogP contribution in [-0.2, 0) is 24.6 Å². The lowest BCUT2D eigenvalue weighted by Gasteiger charge is -2.33. The molecule has 0 aliphatic carbocycles. The molecule has 1 fully saturated rings. The van der Waals surface area contributed by atoms with Gasteiger partial charge in [0.1, 0.15) is 17.8 Å². The summed E-state index contributed by atoms with van der Waals surface area (Å²) in [5.41, 5.74) is 2.56. The molecule has 2 N–H and O–H groups in total. The van der Waals surface area contributed by atoms with Crippen molar-refractivity contribution < 1.29 is 22.8 Å². The lowest BCUT2D eigenvalue weighted by atomic mass is 9.95. The van der Waals surface area contributed by atoms with Gasteiger partial charge in [-0.25, -0.2) is 0 Å². The Morgan fingerprint density at radius 2 is 1.73 bits per heavy atom. The van der Waals surface area contributed by atoms with E-state index in [1.54, 1.807) is 42.5 Å². The number of aryl methyl sites for hydroxylation is 1. The van der Waals surface area contributed by atoms with E-state index in [4.69, 9.17) is 6.42 Å². The number of alkyl halides is 3. The van der Waals surface area contributed by atoms with Crippen LogP contribution < -0.4 is 15.5 Å². The number of hydrogen-bond donors (Lipinski definition) is 2. The second kappa shape index (κ2) is 14.9. The van der Waals surface area contributed by atoms with Crippen LogP contribution in [-0.4, -0.2) is 58.2 Å². The quantitative estimate of drug-likeness (QED) is 0.224. The summed E-state index contributed by atoms with van der Waals surface area (Å²) >= 11 is 0. The summed E-state index contributed by atoms with van der Waals surface area (Å²) in [6.45, 7) is 2.20. The number of anilines is 1. The smallest absolute Gasteiger partial charge is 0.371 e. The first-order chi connectivity index (χ1) is 23.0. The number of halogens is 3. The van der Waals surface area contributed by atoms with E-state index in [-0.39, 0.29) is 23.7 Å². The van der Waals surface area contributed by atoms with Gasteiger partial charge in [-0.2, -0.15) is 13.2 Å². The third kappa shape index (κ3) is 8.41. The first-order valence-corrected chi connectivity index (χ1v) is 15.4. The molecule has 3 aromatic carbocycles. The molecule has 0 radical (unpaired) electrons. The van der Waals surface area contributed by atoms with E-state index in [0.29, 0.717) is 23.6 Å². The lowest BCUT2D eigenvalue weighted by molar-refractivity contribution is -0.137. The number of carbonyl (C=O) groups is 2. The Morgan fingerprint density at radius 3 is 2.35 bits per heavy atom. The molecule has 12 heteroatoms. The van der Waals surface area contributed by atoms with E-state index in [0.717, 1.165) is 55.1 Å². The highest BCUT2D eigenvalue weighted by atomic mass is 19.4. The summed E-state index contributed by atoms with van der Waals surface area (Å²) in [4.78, 5) is 29.8. The molecular formula is C36H36F3N7O2. The van der Waals surface area contributed by atoms with Crippen molar-refractivity contribution in [1.29, 1.82) is 0 Å². The third-order valence-electron chi connectivity index (χ3n) is 8.24. The van der Waals surface area contributed by atoms with Crippen molar-refractivity contribution in [2.75, 3.05) is 31.6 Å². The number of allylic oxidation sites excluding steroid dienone is 1. The van der Waals surface area contributed by atoms with E-state index < -0.39 is 17.6 Å². The monoisotopic (exact) mass is 655 g/mol. The van der Waals surface area contributed by atoms with Crippen molar-refractivity contribution in [1.82, 2.24) is 30.3 Å². The predicted molar refractivity (Wildman–Crippen MR) is 177 cm³/mol. The Kier molecular flexibility index (Phi) is 10.5. The van der Waals surface area contributed by atoms with Gasteiger partial charge in [0.05, 0.1) is 12.1 Å². The molecule has 9 nitrogen and oxygen atoms in total. The standard InChI is InChI=1S/C36H36F3N7O2/c1-4-29(42-35(48)32-8-6-5-7-31(32)26-11-13-28(14-12-26)36(37,38)39)22-44(2)23-33(47)40-21-25-9-15-30(16-10-25)46-19-17-27(18-20-46)34-43-41-24-45(34)3/h1,5-16,22,24,27H,17-21,23H2,2-3H3,(H,40,47)(H,42,48)/b29-22+. The number of carbonyl (C=O) groups excluding carboxylic acids is 2. The summed E-state index contributed by atoms with van der Waals surface area (Å²) < 4.78 is 41.0. The molecule has 1 aromatic heterocycles. The summed E-state index contributed by atoms with van der Waals surface area (Å²) in [6, 6.07) is 19.3. The largest absolute Gasteiger partial charge is 0.416 e. The zero-order valence-corrected chi connectivity index (χ0v) is 26.7. The number of rotatable bonds is 10. The van der Waals surface area contributed by atoms with Crippen LogP contribution >= 0.6 is 0 Å². The van der Waals surface area contributed by atoms with Crippen molar-refractivity contribution in [3.05, 3.63) is 114 Å². The molecule has 2 heterocycles. The van der Waals surface area contributed by atoms with Crippen LogP contribution in [0.25, 0.3) is 11.1 Å². The van der Waals surface area contributed by atoms with Gasteiger partial charge in [-0.1, -0.05) is 48.4 Å². The van der Waals surface area contributed by atoms with Crippen LogP contribution in [0.4, 0.5) is 18.9 Å². The van der Waals surface area contributed by atoms with Gasteiger partial charge in [-0.15, -0.1) is 16.6 Å². The zero-order valence-electron chi connectivity index (χ0n) is 26.7. The molecule has 248 valence electrons. The number of nitrogens with one attached hydrogen (secondary N) is 2. The van der Waals surface area contributed by atoms with Crippen LogP contribution in [0, 0.1) is 12.3 Å². The first kappa shape index (κ1) is 33.8. The molecule has 48 heavy (non-hydrogen) atoms. The molecule has 0 saturated carbocycles. The fourth-order valence-corrected chi connectivity index (χ4v) is 5.70. The van der Waals surface area contributed by atoms with Gasteiger partial charge in [0.25, 0.3) is 5.91 Å². The van der Waals surface area contributed by atoms with Crippen LogP contribution in [0.5, 0.6) is 0 Å². The predicted octanol–water partition coefficient (Wildman–Crippen LogP) is 5.34. The van der Waals surface area contributed by atoms with Gasteiger partial charge < -0.3 is 25.0 Å². The number of piperidine rings is 1. The Morgan fingerprint density at radius 1 is 1.04 bits per heavy atom. The Balaban J connectivity index is 1.11. The number of hydrogen-bond acceptors (Lipinski definition) is 6. The van der Waals surface area contributed by atoms with E-state index in [1.807, 2.05) is 23.7 Å². The molecule has 4 aromatic rings. The maximum atomic E-state index is 13.2. The first-order valence-electron chi connectivity index (χ1n) is 15.4. The minimum absolute atomic E-state index is 0.0122. The van der Waals surface area contributed by atoms with Crippen molar-refractivity contribution in [2.45, 2.75) is 31.5 Å². The zero-order chi connectivity index (χ0) is 34.3. The lowest BCUT2D eigenvalue weighted by Crippen LogP contribution is -2.34. The van der Waals surface area contributed by atoms with Gasteiger partial charge in [0.2, 0.25) is 5.91 Å². The highest BCUT2D eigenvalue weighted by molar-refractivity contribution is 6.02. The molecule has 1 aliphatic rings. The number of amides is 2. The molecule has 1 aliphatic heterocycles. The highest BCUT2D eigenvalue weighted by Gasteiger charge is 2.30. The van der Waals surface area contributed by atoms with Crippen LogP contribution in [0.1, 0.15) is 46.1 Å². The normalized spacial score (nSPS) is 13.9. The van der Waals surface area contributed by atoms with Crippen molar-refractivity contribution in [3.8, 4) is 23.5 Å². The minimum Gasteiger partial charge on any atom is -0.371 e. The van der Waals surface area contributed by atoms with Gasteiger partial charge in [-0.05, 0) is 59.9 Å². The van der Waals surface area contributed by atoms with Crippen molar-refractivity contribution in [3.63, 3.8) is 0 Å². The number of terminal acetylenes is 1. The van der Waals surface area contributed by atoms with E-state index in [1.165, 1.54) is 18.3 Å². The number of nitrogens with zero attached hydrogens (tertiary/aromatic N) is 5. The SMILES string of the molecule is C#C/C(=C\N(C)CC(=O)NCc1ccc(N2CCC(c3nncn3C)CC2)cc1)NC(=O)c1ccccc1-c1ccc(C(F)(F)F)cc1. The maximum Gasteiger partial charge on any atom is 0.416 e. The van der Waals surface area contributed by atoms with Gasteiger partial charge >= 0.3 is 6.18 Å². The highest BCUT2D eigenvalue weighted by Crippen LogP contribution is 2.32. The van der Waals surface area contributed by atoms with E-state index in [2.05, 4.69) is 43.8 Å². The van der Waals surface area contributed by atoms with Crippen LogP contribution in [0.3, 0.4) is 0 Å². The average Bonchev–Trinajstić information content (AvgIpc) is 3.52. The topological polar surface area (TPSA) is 95.4 Å². The Labute approximate surface area is 277 Å². The van der Waals surface area contributed by atoms with Crippen LogP contribution in [0.15, 0.2) is 91.0 Å². The van der Waals surface area contributed by atoms with E-state index in [9.17, 15) is 22.8 Å². The summed E-state index contributed by atoms with van der Waals surface area (Å²) in [6.07, 6.45) is 6.41. The minimum atomic E-state index is -4.46. The summed E-state index contributed by atoms with van der Waals surface area (Å²) in [5, 5.41) is 13.8.